The molecule has 0 aliphatic rings. The Balaban J connectivity index is 1.64. The smallest absolute Gasteiger partial charge is 0.254 e. The lowest BCUT2D eigenvalue weighted by Crippen LogP contribution is -2.23. The van der Waals surface area contributed by atoms with E-state index in [1.807, 2.05) is 35.9 Å². The Morgan fingerprint density at radius 2 is 2.17 bits per heavy atom. The Kier molecular flexibility index (Phi) is 5.68. The van der Waals surface area contributed by atoms with Crippen LogP contribution in [-0.4, -0.2) is 22.3 Å². The van der Waals surface area contributed by atoms with Gasteiger partial charge in [0.1, 0.15) is 11.1 Å². The molecule has 3 aromatic rings. The summed E-state index contributed by atoms with van der Waals surface area (Å²) in [5.41, 5.74) is 0.584. The van der Waals surface area contributed by atoms with Crippen molar-refractivity contribution in [3.8, 4) is 0 Å². The summed E-state index contributed by atoms with van der Waals surface area (Å²) in [5.74, 6) is -0.138. The second-order valence-corrected chi connectivity index (χ2v) is 7.94. The summed E-state index contributed by atoms with van der Waals surface area (Å²) in [6.45, 7) is 0.434. The lowest BCUT2D eigenvalue weighted by Gasteiger charge is -2.07. The molecule has 0 aliphatic carbocycles. The first-order chi connectivity index (χ1) is 11.7. The molecule has 3 aromatic heterocycles. The third kappa shape index (κ3) is 3.87. The fourth-order valence-corrected chi connectivity index (χ4v) is 4.52. The fourth-order valence-electron chi connectivity index (χ4n) is 2.21. The molecule has 0 spiro atoms. The molecule has 1 atom stereocenters. The summed E-state index contributed by atoms with van der Waals surface area (Å²) in [6, 6.07) is 11.2. The lowest BCUT2D eigenvalue weighted by molar-refractivity contribution is 0.0947. The van der Waals surface area contributed by atoms with E-state index >= 15 is 0 Å². The van der Waals surface area contributed by atoms with Gasteiger partial charge in [-0.1, -0.05) is 6.07 Å². The van der Waals surface area contributed by atoms with Crippen molar-refractivity contribution in [1.82, 2.24) is 10.3 Å². The van der Waals surface area contributed by atoms with E-state index in [1.54, 1.807) is 18.3 Å². The van der Waals surface area contributed by atoms with Gasteiger partial charge in [0.2, 0.25) is 0 Å². The largest absolute Gasteiger partial charge is 0.382 e. The second-order valence-electron chi connectivity index (χ2n) is 4.96. The van der Waals surface area contributed by atoms with Gasteiger partial charge < -0.3 is 10.4 Å². The van der Waals surface area contributed by atoms with E-state index in [1.165, 1.54) is 34.4 Å². The van der Waals surface area contributed by atoms with Crippen molar-refractivity contribution in [1.29, 1.82) is 0 Å². The average Bonchev–Trinajstić information content (AvgIpc) is 3.30. The first-order valence-corrected chi connectivity index (χ1v) is 10.2. The van der Waals surface area contributed by atoms with Crippen molar-refractivity contribution in [3.05, 3.63) is 68.2 Å². The van der Waals surface area contributed by atoms with Gasteiger partial charge >= 0.3 is 0 Å². The van der Waals surface area contributed by atoms with Crippen LogP contribution in [0.4, 0.5) is 0 Å². The number of aromatic nitrogens is 1. The fraction of sp³-hybridized carbons (Fsp3) is 0.176. The van der Waals surface area contributed by atoms with Gasteiger partial charge in [0.25, 0.3) is 5.91 Å². The first kappa shape index (κ1) is 17.2. The number of nitrogens with zero attached hydrogens (tertiary/aromatic N) is 1. The number of amides is 1. The predicted molar refractivity (Wildman–Crippen MR) is 99.9 cm³/mol. The second kappa shape index (κ2) is 7.94. The van der Waals surface area contributed by atoms with Gasteiger partial charge in [-0.2, -0.15) is 0 Å². The highest BCUT2D eigenvalue weighted by Gasteiger charge is 2.15. The Labute approximate surface area is 152 Å². The van der Waals surface area contributed by atoms with Crippen LogP contribution >= 0.6 is 34.4 Å². The number of carbonyl (C=O) groups is 1. The minimum absolute atomic E-state index is 0.138. The maximum Gasteiger partial charge on any atom is 0.254 e. The summed E-state index contributed by atoms with van der Waals surface area (Å²) >= 11 is 4.49. The minimum atomic E-state index is -0.596. The number of carbonyl (C=O) groups excluding carboxylic acids is 1. The van der Waals surface area contributed by atoms with E-state index in [2.05, 4.69) is 10.3 Å². The van der Waals surface area contributed by atoms with Gasteiger partial charge in [-0.05, 0) is 42.0 Å². The van der Waals surface area contributed by atoms with Crippen molar-refractivity contribution in [2.75, 3.05) is 6.26 Å². The van der Waals surface area contributed by atoms with Crippen LogP contribution < -0.4 is 5.32 Å². The minimum Gasteiger partial charge on any atom is -0.382 e. The van der Waals surface area contributed by atoms with Crippen molar-refractivity contribution in [3.63, 3.8) is 0 Å². The van der Waals surface area contributed by atoms with Gasteiger partial charge in [-0.25, -0.2) is 4.98 Å². The zero-order valence-corrected chi connectivity index (χ0v) is 15.4. The van der Waals surface area contributed by atoms with E-state index < -0.39 is 6.10 Å². The van der Waals surface area contributed by atoms with Crippen LogP contribution in [0, 0.1) is 0 Å². The van der Waals surface area contributed by atoms with Crippen LogP contribution in [-0.2, 0) is 6.54 Å². The van der Waals surface area contributed by atoms with Crippen LogP contribution in [0.1, 0.15) is 31.1 Å². The molecule has 0 fully saturated rings. The Bertz CT molecular complexity index is 815. The number of hydrogen-bond acceptors (Lipinski definition) is 6. The number of thioether (sulfide) groups is 1. The quantitative estimate of drug-likeness (QED) is 0.640. The third-order valence-corrected chi connectivity index (χ3v) is 6.17. The molecule has 0 saturated carbocycles. The van der Waals surface area contributed by atoms with E-state index in [4.69, 9.17) is 0 Å². The van der Waals surface area contributed by atoms with Crippen LogP contribution in [0.25, 0.3) is 0 Å². The Hall–Kier alpha value is -1.67. The molecular formula is C17H16N2O2S3. The molecule has 124 valence electrons. The van der Waals surface area contributed by atoms with Crippen LogP contribution in [0.2, 0.25) is 0 Å². The highest BCUT2D eigenvalue weighted by Crippen LogP contribution is 2.30. The van der Waals surface area contributed by atoms with Crippen molar-refractivity contribution >= 4 is 40.3 Å². The normalized spacial score (nSPS) is 12.1. The summed E-state index contributed by atoms with van der Waals surface area (Å²) < 4.78 is 0. The number of pyridine rings is 1. The summed E-state index contributed by atoms with van der Waals surface area (Å²) in [6.07, 6.45) is 2.98. The van der Waals surface area contributed by atoms with E-state index in [9.17, 15) is 9.90 Å². The predicted octanol–water partition coefficient (Wildman–Crippen LogP) is 3.94. The summed E-state index contributed by atoms with van der Waals surface area (Å²) in [7, 11) is 0. The monoisotopic (exact) mass is 376 g/mol. The van der Waals surface area contributed by atoms with E-state index in [0.29, 0.717) is 12.1 Å². The number of thiophene rings is 2. The van der Waals surface area contributed by atoms with Crippen LogP contribution in [0.15, 0.2) is 53.0 Å². The van der Waals surface area contributed by atoms with Gasteiger partial charge in [0.05, 0.1) is 12.1 Å². The maximum absolute atomic E-state index is 12.3. The molecule has 0 bridgehead atoms. The molecule has 0 radical (unpaired) electrons. The number of rotatable bonds is 6. The number of aliphatic hydroxyl groups excluding tert-OH is 1. The van der Waals surface area contributed by atoms with E-state index in [-0.39, 0.29) is 5.91 Å². The molecular weight excluding hydrogens is 360 g/mol. The zero-order valence-electron chi connectivity index (χ0n) is 12.9. The lowest BCUT2D eigenvalue weighted by atomic mass is 10.2. The highest BCUT2D eigenvalue weighted by atomic mass is 32.2. The van der Waals surface area contributed by atoms with Gasteiger partial charge in [0.15, 0.2) is 0 Å². The summed E-state index contributed by atoms with van der Waals surface area (Å²) in [5, 5.41) is 15.9. The molecule has 3 rings (SSSR count). The molecule has 0 saturated heterocycles. The first-order valence-electron chi connectivity index (χ1n) is 7.26. The number of aliphatic hydroxyl groups is 1. The zero-order chi connectivity index (χ0) is 16.9. The molecule has 4 nitrogen and oxygen atoms in total. The molecule has 1 amide bonds. The Morgan fingerprint density at radius 3 is 2.92 bits per heavy atom. The molecule has 2 N–H and O–H groups in total. The Morgan fingerprint density at radius 1 is 1.29 bits per heavy atom. The van der Waals surface area contributed by atoms with E-state index in [0.717, 1.165) is 19.7 Å². The van der Waals surface area contributed by atoms with Gasteiger partial charge in [-0.15, -0.1) is 34.4 Å². The highest BCUT2D eigenvalue weighted by molar-refractivity contribution is 7.98. The molecule has 0 aliphatic heterocycles. The number of nitrogens with one attached hydrogen (secondary N) is 1. The van der Waals surface area contributed by atoms with Crippen molar-refractivity contribution < 1.29 is 9.90 Å². The van der Waals surface area contributed by atoms with Crippen molar-refractivity contribution in [2.24, 2.45) is 0 Å². The SMILES string of the molecule is CSc1ncccc1C(=O)NCc1ccc(C(O)c2cccs2)s1. The van der Waals surface area contributed by atoms with Gasteiger partial charge in [0, 0.05) is 20.8 Å². The maximum atomic E-state index is 12.3. The standard InChI is InChI=1S/C17H16N2O2S3/c1-22-17-12(4-2-8-18-17)16(21)19-10-11-6-7-14(24-11)15(20)13-5-3-9-23-13/h2-9,15,20H,10H2,1H3,(H,19,21). The molecule has 3 heterocycles. The molecule has 7 heteroatoms. The topological polar surface area (TPSA) is 62.2 Å². The average molecular weight is 377 g/mol. The summed E-state index contributed by atoms with van der Waals surface area (Å²) in [4.78, 5) is 19.3. The van der Waals surface area contributed by atoms with Crippen molar-refractivity contribution in [2.45, 2.75) is 17.7 Å². The van der Waals surface area contributed by atoms with Crippen LogP contribution in [0.5, 0.6) is 0 Å². The molecule has 24 heavy (non-hydrogen) atoms. The number of hydrogen-bond donors (Lipinski definition) is 2. The van der Waals surface area contributed by atoms with Gasteiger partial charge in [-0.3, -0.25) is 4.79 Å². The third-order valence-electron chi connectivity index (χ3n) is 3.40. The molecule has 0 aromatic carbocycles. The van der Waals surface area contributed by atoms with Crippen LogP contribution in [0.3, 0.4) is 0 Å². The molecule has 1 unspecified atom stereocenters.